The van der Waals surface area contributed by atoms with E-state index < -0.39 is 0 Å². The number of benzene rings is 1. The molecule has 0 saturated heterocycles. The van der Waals surface area contributed by atoms with Gasteiger partial charge in [0.2, 0.25) is 0 Å². The number of aldehydes is 1. The van der Waals surface area contributed by atoms with Crippen molar-refractivity contribution in [2.45, 2.75) is 13.5 Å². The zero-order chi connectivity index (χ0) is 11.4. The van der Waals surface area contributed by atoms with Crippen molar-refractivity contribution in [1.29, 1.82) is 0 Å². The minimum atomic E-state index is 0.369. The largest absolute Gasteiger partial charge is 0.486 e. The van der Waals surface area contributed by atoms with Crippen molar-refractivity contribution in [3.05, 3.63) is 23.3 Å². The van der Waals surface area contributed by atoms with Crippen LogP contribution in [0.15, 0.2) is 12.1 Å². The molecule has 1 aliphatic heterocycles. The van der Waals surface area contributed by atoms with E-state index in [1.54, 1.807) is 0 Å². The second-order valence-electron chi connectivity index (χ2n) is 3.72. The van der Waals surface area contributed by atoms with Gasteiger partial charge in [0.25, 0.3) is 0 Å². The number of nitrogens with one attached hydrogen (secondary N) is 1. The maximum atomic E-state index is 10.2. The normalized spacial score (nSPS) is 13.6. The summed E-state index contributed by atoms with van der Waals surface area (Å²) in [6.45, 7) is 4.26. The molecule has 0 aromatic heterocycles. The lowest BCUT2D eigenvalue weighted by Crippen LogP contribution is -2.18. The summed E-state index contributed by atoms with van der Waals surface area (Å²) in [5, 5.41) is 3.03. The molecule has 1 aromatic rings. The van der Waals surface area contributed by atoms with E-state index >= 15 is 0 Å². The molecule has 86 valence electrons. The van der Waals surface area contributed by atoms with E-state index in [0.29, 0.717) is 26.3 Å². The molecule has 0 radical (unpaired) electrons. The van der Waals surface area contributed by atoms with Crippen LogP contribution < -0.4 is 14.8 Å². The van der Waals surface area contributed by atoms with Gasteiger partial charge >= 0.3 is 0 Å². The molecule has 1 aromatic carbocycles. The van der Waals surface area contributed by atoms with Crippen molar-refractivity contribution < 1.29 is 14.3 Å². The second-order valence-corrected chi connectivity index (χ2v) is 3.72. The van der Waals surface area contributed by atoms with Crippen molar-refractivity contribution in [2.24, 2.45) is 0 Å². The van der Waals surface area contributed by atoms with Gasteiger partial charge in [0, 0.05) is 6.54 Å². The lowest BCUT2D eigenvalue weighted by atomic mass is 10.1. The maximum Gasteiger partial charge on any atom is 0.161 e. The molecule has 0 unspecified atom stereocenters. The molecule has 4 nitrogen and oxygen atoms in total. The molecule has 0 saturated carbocycles. The Morgan fingerprint density at radius 3 is 2.69 bits per heavy atom. The highest BCUT2D eigenvalue weighted by molar-refractivity contribution is 5.52. The lowest BCUT2D eigenvalue weighted by molar-refractivity contribution is -0.107. The smallest absolute Gasteiger partial charge is 0.161 e. The van der Waals surface area contributed by atoms with Crippen LogP contribution in [0.4, 0.5) is 0 Å². The van der Waals surface area contributed by atoms with Crippen LogP contribution in [0.25, 0.3) is 0 Å². The topological polar surface area (TPSA) is 47.6 Å². The molecule has 0 spiro atoms. The van der Waals surface area contributed by atoms with Gasteiger partial charge in [-0.1, -0.05) is 0 Å². The SMILES string of the molecule is Cc1cc2c(cc1CNCC=O)OCCO2. The Bertz CT molecular complexity index is 390. The average Bonchev–Trinajstić information content (AvgIpc) is 2.30. The van der Waals surface area contributed by atoms with Crippen LogP contribution >= 0.6 is 0 Å². The standard InChI is InChI=1S/C12H15NO3/c1-9-6-11-12(16-5-4-15-11)7-10(9)8-13-2-3-14/h3,6-7,13H,2,4-5,8H2,1H3. The van der Waals surface area contributed by atoms with Crippen LogP contribution in [0.5, 0.6) is 11.5 Å². The summed E-state index contributed by atoms with van der Waals surface area (Å²) >= 11 is 0. The fourth-order valence-electron chi connectivity index (χ4n) is 1.69. The summed E-state index contributed by atoms with van der Waals surface area (Å²) in [7, 11) is 0. The Balaban J connectivity index is 2.15. The van der Waals surface area contributed by atoms with Crippen molar-refractivity contribution in [3.8, 4) is 11.5 Å². The van der Waals surface area contributed by atoms with Crippen LogP contribution in [0.1, 0.15) is 11.1 Å². The first kappa shape index (κ1) is 11.0. The van der Waals surface area contributed by atoms with Gasteiger partial charge in [-0.2, -0.15) is 0 Å². The van der Waals surface area contributed by atoms with Gasteiger partial charge in [-0.05, 0) is 30.2 Å². The molecule has 1 heterocycles. The minimum absolute atomic E-state index is 0.369. The van der Waals surface area contributed by atoms with E-state index in [2.05, 4.69) is 5.32 Å². The van der Waals surface area contributed by atoms with E-state index in [0.717, 1.165) is 28.9 Å². The Hall–Kier alpha value is -1.55. The van der Waals surface area contributed by atoms with E-state index in [9.17, 15) is 4.79 Å². The van der Waals surface area contributed by atoms with E-state index in [1.165, 1.54) is 0 Å². The summed E-state index contributed by atoms with van der Waals surface area (Å²) in [6.07, 6.45) is 0.855. The first-order chi connectivity index (χ1) is 7.81. The number of fused-ring (bicyclic) bond motifs is 1. The van der Waals surface area contributed by atoms with Gasteiger partial charge in [0.05, 0.1) is 6.54 Å². The molecule has 1 aliphatic rings. The van der Waals surface area contributed by atoms with Gasteiger partial charge < -0.3 is 19.6 Å². The fraction of sp³-hybridized carbons (Fsp3) is 0.417. The summed E-state index contributed by atoms with van der Waals surface area (Å²) in [5.74, 6) is 1.60. The van der Waals surface area contributed by atoms with Crippen LogP contribution in [-0.2, 0) is 11.3 Å². The molecule has 0 bridgehead atoms. The molecule has 1 N–H and O–H groups in total. The van der Waals surface area contributed by atoms with Crippen molar-refractivity contribution in [3.63, 3.8) is 0 Å². The first-order valence-corrected chi connectivity index (χ1v) is 5.34. The van der Waals surface area contributed by atoms with Gasteiger partial charge in [0.15, 0.2) is 11.5 Å². The quantitative estimate of drug-likeness (QED) is 0.610. The highest BCUT2D eigenvalue weighted by Crippen LogP contribution is 2.32. The Morgan fingerprint density at radius 2 is 2.00 bits per heavy atom. The summed E-state index contributed by atoms with van der Waals surface area (Å²) < 4.78 is 11.0. The number of rotatable bonds is 4. The van der Waals surface area contributed by atoms with Crippen molar-refractivity contribution >= 4 is 6.29 Å². The van der Waals surface area contributed by atoms with Crippen LogP contribution in [0, 0.1) is 6.92 Å². The predicted octanol–water partition coefficient (Wildman–Crippen LogP) is 1.05. The molecule has 16 heavy (non-hydrogen) atoms. The van der Waals surface area contributed by atoms with E-state index in [-0.39, 0.29) is 0 Å². The number of carbonyl (C=O) groups is 1. The third kappa shape index (κ3) is 2.33. The third-order valence-corrected chi connectivity index (χ3v) is 2.54. The minimum Gasteiger partial charge on any atom is -0.486 e. The van der Waals surface area contributed by atoms with Gasteiger partial charge in [0.1, 0.15) is 19.5 Å². The Kier molecular flexibility index (Phi) is 3.41. The molecular formula is C12H15NO3. The zero-order valence-corrected chi connectivity index (χ0v) is 9.29. The number of hydrogen-bond donors (Lipinski definition) is 1. The summed E-state index contributed by atoms with van der Waals surface area (Å²) in [6, 6.07) is 3.95. The molecule has 0 atom stereocenters. The van der Waals surface area contributed by atoms with Gasteiger partial charge in [-0.25, -0.2) is 0 Å². The Morgan fingerprint density at radius 1 is 1.31 bits per heavy atom. The monoisotopic (exact) mass is 221 g/mol. The fourth-order valence-corrected chi connectivity index (χ4v) is 1.69. The summed E-state index contributed by atoms with van der Waals surface area (Å²) in [5.41, 5.74) is 2.27. The lowest BCUT2D eigenvalue weighted by Gasteiger charge is -2.20. The highest BCUT2D eigenvalue weighted by Gasteiger charge is 2.13. The van der Waals surface area contributed by atoms with E-state index in [1.807, 2.05) is 19.1 Å². The van der Waals surface area contributed by atoms with Crippen molar-refractivity contribution in [2.75, 3.05) is 19.8 Å². The number of ether oxygens (including phenoxy) is 2. The zero-order valence-electron chi connectivity index (χ0n) is 9.29. The molecule has 0 aliphatic carbocycles. The number of aryl methyl sites for hydroxylation is 1. The van der Waals surface area contributed by atoms with Gasteiger partial charge in [-0.3, -0.25) is 0 Å². The van der Waals surface area contributed by atoms with E-state index in [4.69, 9.17) is 9.47 Å². The van der Waals surface area contributed by atoms with Crippen LogP contribution in [0.3, 0.4) is 0 Å². The first-order valence-electron chi connectivity index (χ1n) is 5.34. The maximum absolute atomic E-state index is 10.2. The average molecular weight is 221 g/mol. The Labute approximate surface area is 94.6 Å². The van der Waals surface area contributed by atoms with Gasteiger partial charge in [-0.15, -0.1) is 0 Å². The molecule has 0 amide bonds. The molecule has 4 heteroatoms. The number of carbonyl (C=O) groups excluding carboxylic acids is 1. The highest BCUT2D eigenvalue weighted by atomic mass is 16.6. The summed E-state index contributed by atoms with van der Waals surface area (Å²) in [4.78, 5) is 10.2. The predicted molar refractivity (Wildman–Crippen MR) is 59.9 cm³/mol. The van der Waals surface area contributed by atoms with Crippen LogP contribution in [0.2, 0.25) is 0 Å². The number of hydrogen-bond acceptors (Lipinski definition) is 4. The molecule has 0 fully saturated rings. The van der Waals surface area contributed by atoms with Crippen molar-refractivity contribution in [1.82, 2.24) is 5.32 Å². The molecule has 2 rings (SSSR count). The second kappa shape index (κ2) is 4.99. The third-order valence-electron chi connectivity index (χ3n) is 2.54. The molecular weight excluding hydrogens is 206 g/mol. The van der Waals surface area contributed by atoms with Crippen LogP contribution in [-0.4, -0.2) is 26.0 Å².